The molecular formula is C19H18F2N4O2S2. The van der Waals surface area contributed by atoms with Gasteiger partial charge in [0.15, 0.2) is 5.82 Å². The number of rotatable bonds is 8. The van der Waals surface area contributed by atoms with Crippen molar-refractivity contribution in [1.82, 2.24) is 4.98 Å². The summed E-state index contributed by atoms with van der Waals surface area (Å²) in [6.07, 6.45) is 1.32. The van der Waals surface area contributed by atoms with E-state index in [1.165, 1.54) is 11.3 Å². The molecule has 1 aromatic heterocycles. The molecule has 0 spiro atoms. The number of nitrogens with zero attached hydrogens (tertiary/aromatic N) is 2. The molecule has 0 saturated heterocycles. The summed E-state index contributed by atoms with van der Waals surface area (Å²) < 4.78 is 54.4. The average Bonchev–Trinajstić information content (AvgIpc) is 3.16. The molecule has 10 heteroatoms. The van der Waals surface area contributed by atoms with Gasteiger partial charge in [-0.2, -0.15) is 5.10 Å². The van der Waals surface area contributed by atoms with Crippen molar-refractivity contribution in [2.75, 3.05) is 15.9 Å². The Hall–Kier alpha value is -2.85. The fourth-order valence-corrected chi connectivity index (χ4v) is 4.27. The highest BCUT2D eigenvalue weighted by atomic mass is 32.2. The number of thiazole rings is 1. The molecule has 6 nitrogen and oxygen atoms in total. The molecule has 3 aromatic rings. The fourth-order valence-electron chi connectivity index (χ4n) is 2.47. The maximum absolute atomic E-state index is 14.6. The quantitative estimate of drug-likeness (QED) is 0.397. The summed E-state index contributed by atoms with van der Waals surface area (Å²) in [7, 11) is -3.70. The molecule has 2 N–H and O–H groups in total. The zero-order chi connectivity index (χ0) is 20.9. The van der Waals surface area contributed by atoms with Crippen LogP contribution in [0.15, 0.2) is 52.9 Å². The second kappa shape index (κ2) is 9.10. The molecule has 0 aliphatic carbocycles. The highest BCUT2D eigenvalue weighted by Gasteiger charge is 2.17. The minimum Gasteiger partial charge on any atom is -0.281 e. The molecule has 0 amide bonds. The highest BCUT2D eigenvalue weighted by molar-refractivity contribution is 7.92. The van der Waals surface area contributed by atoms with Crippen LogP contribution in [0.25, 0.3) is 11.3 Å². The molecule has 0 aliphatic rings. The largest absolute Gasteiger partial charge is 0.281 e. The molecule has 0 fully saturated rings. The lowest BCUT2D eigenvalue weighted by atomic mass is 10.2. The molecule has 29 heavy (non-hydrogen) atoms. The van der Waals surface area contributed by atoms with Crippen molar-refractivity contribution in [2.24, 2.45) is 5.10 Å². The van der Waals surface area contributed by atoms with Crippen molar-refractivity contribution < 1.29 is 17.2 Å². The lowest BCUT2D eigenvalue weighted by Gasteiger charge is -2.10. The lowest BCUT2D eigenvalue weighted by molar-refractivity contribution is 0.580. The molecule has 1 heterocycles. The van der Waals surface area contributed by atoms with E-state index in [4.69, 9.17) is 0 Å². The summed E-state index contributed by atoms with van der Waals surface area (Å²) in [5.41, 5.74) is 3.52. The summed E-state index contributed by atoms with van der Waals surface area (Å²) in [6, 6.07) is 11.5. The maximum atomic E-state index is 14.6. The van der Waals surface area contributed by atoms with Crippen LogP contribution < -0.4 is 10.1 Å². The van der Waals surface area contributed by atoms with Gasteiger partial charge in [0, 0.05) is 10.9 Å². The minimum atomic E-state index is -3.70. The monoisotopic (exact) mass is 436 g/mol. The highest BCUT2D eigenvalue weighted by Crippen LogP contribution is 2.25. The van der Waals surface area contributed by atoms with Gasteiger partial charge in [0.1, 0.15) is 5.82 Å². The van der Waals surface area contributed by atoms with E-state index >= 15 is 0 Å². The van der Waals surface area contributed by atoms with Crippen LogP contribution in [0.5, 0.6) is 0 Å². The minimum absolute atomic E-state index is 0.164. The Morgan fingerprint density at radius 2 is 1.93 bits per heavy atom. The Bertz CT molecular complexity index is 1120. The van der Waals surface area contributed by atoms with E-state index in [-0.39, 0.29) is 11.4 Å². The number of halogens is 2. The normalized spacial score (nSPS) is 11.7. The third kappa shape index (κ3) is 5.36. The molecule has 0 bridgehead atoms. The van der Waals surface area contributed by atoms with E-state index in [0.29, 0.717) is 11.6 Å². The fraction of sp³-hybridized carbons (Fsp3) is 0.158. The second-order valence-electron chi connectivity index (χ2n) is 6.02. The SMILES string of the molecule is CCCS(=O)(=O)Nc1ccc(F)c(C=NNc2nc(-c3ccccc3)cs2)c1F. The number of hydrogen-bond acceptors (Lipinski definition) is 6. The van der Waals surface area contributed by atoms with E-state index in [0.717, 1.165) is 29.6 Å². The van der Waals surface area contributed by atoms with Crippen molar-refractivity contribution in [3.63, 3.8) is 0 Å². The Kier molecular flexibility index (Phi) is 6.55. The van der Waals surface area contributed by atoms with Crippen molar-refractivity contribution >= 4 is 38.4 Å². The van der Waals surface area contributed by atoms with Crippen LogP contribution in [0.3, 0.4) is 0 Å². The molecule has 0 saturated carbocycles. The van der Waals surface area contributed by atoms with E-state index < -0.39 is 27.2 Å². The van der Waals surface area contributed by atoms with Gasteiger partial charge < -0.3 is 0 Å². The van der Waals surface area contributed by atoms with E-state index in [9.17, 15) is 17.2 Å². The van der Waals surface area contributed by atoms with E-state index in [1.54, 1.807) is 6.92 Å². The predicted octanol–water partition coefficient (Wildman–Crippen LogP) is 4.69. The summed E-state index contributed by atoms with van der Waals surface area (Å²) in [4.78, 5) is 4.36. The van der Waals surface area contributed by atoms with Gasteiger partial charge in [0.05, 0.1) is 28.9 Å². The Morgan fingerprint density at radius 1 is 1.17 bits per heavy atom. The van der Waals surface area contributed by atoms with Crippen molar-refractivity contribution in [2.45, 2.75) is 13.3 Å². The number of anilines is 2. The van der Waals surface area contributed by atoms with Gasteiger partial charge in [-0.25, -0.2) is 22.2 Å². The van der Waals surface area contributed by atoms with Gasteiger partial charge in [0.2, 0.25) is 15.2 Å². The first-order chi connectivity index (χ1) is 13.9. The van der Waals surface area contributed by atoms with Crippen LogP contribution in [-0.4, -0.2) is 25.4 Å². The van der Waals surface area contributed by atoms with Gasteiger partial charge in [0.25, 0.3) is 0 Å². The van der Waals surface area contributed by atoms with Crippen molar-refractivity contribution in [3.05, 3.63) is 65.0 Å². The van der Waals surface area contributed by atoms with Gasteiger partial charge >= 0.3 is 0 Å². The number of aromatic nitrogens is 1. The molecule has 2 aromatic carbocycles. The van der Waals surface area contributed by atoms with Crippen LogP contribution in [0.1, 0.15) is 18.9 Å². The van der Waals surface area contributed by atoms with Crippen molar-refractivity contribution in [3.8, 4) is 11.3 Å². The molecule has 0 radical (unpaired) electrons. The van der Waals surface area contributed by atoms with Crippen LogP contribution in [0.4, 0.5) is 19.6 Å². The molecule has 0 atom stereocenters. The standard InChI is InChI=1S/C19H18F2N4O2S2/c1-2-10-29(26,27)25-16-9-8-15(20)14(18(16)21)11-22-24-19-23-17(12-28-19)13-6-4-3-5-7-13/h3-9,11-12,25H,2,10H2,1H3,(H,23,24). The molecule has 0 unspecified atom stereocenters. The number of hydrazone groups is 1. The molecular weight excluding hydrogens is 418 g/mol. The first kappa shape index (κ1) is 20.9. The number of nitrogens with one attached hydrogen (secondary N) is 2. The van der Waals surface area contributed by atoms with Gasteiger partial charge in [-0.3, -0.25) is 10.1 Å². The zero-order valence-electron chi connectivity index (χ0n) is 15.4. The third-order valence-electron chi connectivity index (χ3n) is 3.79. The lowest BCUT2D eigenvalue weighted by Crippen LogP contribution is -2.17. The Morgan fingerprint density at radius 3 is 2.66 bits per heavy atom. The number of benzene rings is 2. The topological polar surface area (TPSA) is 83.5 Å². The molecule has 3 rings (SSSR count). The molecule has 152 valence electrons. The van der Waals surface area contributed by atoms with E-state index in [2.05, 4.69) is 20.2 Å². The summed E-state index contributed by atoms with van der Waals surface area (Å²) in [5, 5.41) is 6.11. The second-order valence-corrected chi connectivity index (χ2v) is 8.72. The van der Waals surface area contributed by atoms with Crippen molar-refractivity contribution in [1.29, 1.82) is 0 Å². The zero-order valence-corrected chi connectivity index (χ0v) is 17.0. The summed E-state index contributed by atoms with van der Waals surface area (Å²) in [5.74, 6) is -2.07. The van der Waals surface area contributed by atoms with Crippen LogP contribution in [0.2, 0.25) is 0 Å². The predicted molar refractivity (Wildman–Crippen MR) is 113 cm³/mol. The van der Waals surface area contributed by atoms with Crippen LogP contribution in [0, 0.1) is 11.6 Å². The van der Waals surface area contributed by atoms with E-state index in [1.807, 2.05) is 35.7 Å². The summed E-state index contributed by atoms with van der Waals surface area (Å²) >= 11 is 1.29. The van der Waals surface area contributed by atoms with Gasteiger partial charge in [-0.1, -0.05) is 37.3 Å². The van der Waals surface area contributed by atoms with Gasteiger partial charge in [-0.15, -0.1) is 11.3 Å². The maximum Gasteiger partial charge on any atom is 0.232 e. The van der Waals surface area contributed by atoms with Crippen LogP contribution >= 0.6 is 11.3 Å². The number of sulfonamides is 1. The first-order valence-corrected chi connectivity index (χ1v) is 11.2. The Balaban J connectivity index is 1.75. The Labute approximate surface area is 171 Å². The number of hydrogen-bond donors (Lipinski definition) is 2. The van der Waals surface area contributed by atoms with Crippen LogP contribution in [-0.2, 0) is 10.0 Å². The molecule has 0 aliphatic heterocycles. The smallest absolute Gasteiger partial charge is 0.232 e. The third-order valence-corrected chi connectivity index (χ3v) is 6.02. The summed E-state index contributed by atoms with van der Waals surface area (Å²) in [6.45, 7) is 1.69. The first-order valence-electron chi connectivity index (χ1n) is 8.68. The average molecular weight is 437 g/mol. The van der Waals surface area contributed by atoms with Gasteiger partial charge in [-0.05, 0) is 18.6 Å².